The first-order valence-corrected chi connectivity index (χ1v) is 10.6. The molecule has 1 fully saturated rings. The van der Waals surface area contributed by atoms with E-state index in [1.165, 1.54) is 24.9 Å². The lowest BCUT2D eigenvalue weighted by molar-refractivity contribution is 0.102. The average Bonchev–Trinajstić information content (AvgIpc) is 3.27. The van der Waals surface area contributed by atoms with E-state index in [2.05, 4.69) is 43.0 Å². The molecule has 9 nitrogen and oxygen atoms in total. The molecule has 0 saturated carbocycles. The lowest BCUT2D eigenvalue weighted by atomic mass is 10.1. The van der Waals surface area contributed by atoms with E-state index in [1.807, 2.05) is 30.3 Å². The zero-order chi connectivity index (χ0) is 22.5. The molecule has 0 aliphatic carbocycles. The van der Waals surface area contributed by atoms with Crippen molar-refractivity contribution in [3.8, 4) is 0 Å². The van der Waals surface area contributed by atoms with Gasteiger partial charge in [-0.3, -0.25) is 4.79 Å². The fraction of sp³-hybridized carbons (Fsp3) is 0.261. The minimum Gasteiger partial charge on any atom is -0.408 e. The van der Waals surface area contributed by atoms with Gasteiger partial charge >= 0.3 is 0 Å². The summed E-state index contributed by atoms with van der Waals surface area (Å²) in [5.41, 5.74) is 12.6. The van der Waals surface area contributed by atoms with Gasteiger partial charge in [0, 0.05) is 35.4 Å². The molecule has 9 heteroatoms. The zero-order valence-electron chi connectivity index (χ0n) is 17.9. The van der Waals surface area contributed by atoms with Crippen molar-refractivity contribution in [2.75, 3.05) is 23.3 Å². The highest BCUT2D eigenvalue weighted by molar-refractivity contribution is 6.07. The van der Waals surface area contributed by atoms with Crippen molar-refractivity contribution in [2.45, 2.75) is 26.2 Å². The maximum absolute atomic E-state index is 12.8. The quantitative estimate of drug-likeness (QED) is 0.182. The van der Waals surface area contributed by atoms with E-state index < -0.39 is 0 Å². The molecular weight excluding hydrogens is 406 g/mol. The Morgan fingerprint density at radius 2 is 1.84 bits per heavy atom. The third-order valence-electron chi connectivity index (χ3n) is 5.58. The van der Waals surface area contributed by atoms with E-state index >= 15 is 0 Å². The molecule has 1 amide bonds. The van der Waals surface area contributed by atoms with Crippen molar-refractivity contribution in [3.63, 3.8) is 0 Å². The third-order valence-corrected chi connectivity index (χ3v) is 5.58. The molecule has 2 heterocycles. The van der Waals surface area contributed by atoms with Gasteiger partial charge in [-0.25, -0.2) is 5.43 Å². The highest BCUT2D eigenvalue weighted by atomic mass is 16.4. The highest BCUT2D eigenvalue weighted by Gasteiger charge is 2.13. The summed E-state index contributed by atoms with van der Waals surface area (Å²) < 4.78 is 0. The van der Waals surface area contributed by atoms with Crippen molar-refractivity contribution in [1.29, 1.82) is 0 Å². The molecule has 0 radical (unpaired) electrons. The fourth-order valence-electron chi connectivity index (χ4n) is 3.81. The number of nitrogens with one attached hydrogen (secondary N) is 3. The number of carbonyl (C=O) groups excluding carboxylic acids is 1. The van der Waals surface area contributed by atoms with Crippen molar-refractivity contribution >= 4 is 39.9 Å². The Kier molecular flexibility index (Phi) is 6.25. The van der Waals surface area contributed by atoms with E-state index in [1.54, 1.807) is 13.0 Å². The Balaban J connectivity index is 1.45. The Labute approximate surface area is 186 Å². The van der Waals surface area contributed by atoms with Gasteiger partial charge in [-0.05, 0) is 79.4 Å². The summed E-state index contributed by atoms with van der Waals surface area (Å²) >= 11 is 0. The summed E-state index contributed by atoms with van der Waals surface area (Å²) in [7, 11) is 0. The van der Waals surface area contributed by atoms with E-state index in [4.69, 9.17) is 10.9 Å². The monoisotopic (exact) mass is 433 g/mol. The highest BCUT2D eigenvalue weighted by Crippen LogP contribution is 2.23. The summed E-state index contributed by atoms with van der Waals surface area (Å²) in [4.78, 5) is 18.3. The van der Waals surface area contributed by atoms with Crippen LogP contribution in [0.1, 0.15) is 42.2 Å². The first kappa shape index (κ1) is 21.2. The topological polar surface area (TPSA) is 131 Å². The molecule has 0 spiro atoms. The van der Waals surface area contributed by atoms with Gasteiger partial charge in [0.25, 0.3) is 11.9 Å². The summed E-state index contributed by atoms with van der Waals surface area (Å²) in [6, 6.07) is 15.5. The molecule has 1 aliphatic rings. The third kappa shape index (κ3) is 4.83. The number of anilines is 2. The fourth-order valence-corrected chi connectivity index (χ4v) is 3.81. The van der Waals surface area contributed by atoms with Crippen LogP contribution in [-0.2, 0) is 0 Å². The average molecular weight is 434 g/mol. The van der Waals surface area contributed by atoms with Crippen LogP contribution in [0, 0.1) is 0 Å². The first-order valence-electron chi connectivity index (χ1n) is 10.6. The molecule has 2 aromatic carbocycles. The Morgan fingerprint density at radius 3 is 2.56 bits per heavy atom. The summed E-state index contributed by atoms with van der Waals surface area (Å²) in [5.74, 6) is -0.401. The number of nitrogens with zero attached hydrogens (tertiary/aromatic N) is 3. The number of piperidine rings is 1. The van der Waals surface area contributed by atoms with Crippen molar-refractivity contribution in [3.05, 3.63) is 59.8 Å². The second kappa shape index (κ2) is 9.42. The number of nitrogens with two attached hydrogens (primary N) is 1. The Hall–Kier alpha value is -4.01. The SMILES string of the molecule is C/C(=N/N/C(N)=N\O)c1ccc2[nH]c(C(=O)Nc3ccc(N4CCCCC4)cc3)cc2c1. The number of amides is 1. The summed E-state index contributed by atoms with van der Waals surface area (Å²) in [6.07, 6.45) is 3.76. The molecule has 3 aromatic rings. The zero-order valence-corrected chi connectivity index (χ0v) is 17.9. The number of carbonyl (C=O) groups is 1. The number of guanidine groups is 1. The molecule has 0 bridgehead atoms. The number of aromatic amines is 1. The van der Waals surface area contributed by atoms with Crippen LogP contribution in [0.3, 0.4) is 0 Å². The van der Waals surface area contributed by atoms with Gasteiger partial charge in [0.1, 0.15) is 5.69 Å². The lowest BCUT2D eigenvalue weighted by Crippen LogP contribution is -2.29. The second-order valence-electron chi connectivity index (χ2n) is 7.83. The van der Waals surface area contributed by atoms with Crippen molar-refractivity contribution in [2.24, 2.45) is 16.0 Å². The summed E-state index contributed by atoms with van der Waals surface area (Å²) in [5, 5.41) is 19.3. The van der Waals surface area contributed by atoms with E-state index in [-0.39, 0.29) is 11.9 Å². The van der Waals surface area contributed by atoms with Crippen LogP contribution in [-0.4, -0.2) is 40.9 Å². The number of hydrazone groups is 1. The van der Waals surface area contributed by atoms with Crippen LogP contribution in [0.2, 0.25) is 0 Å². The maximum atomic E-state index is 12.8. The van der Waals surface area contributed by atoms with Gasteiger partial charge in [-0.1, -0.05) is 6.07 Å². The van der Waals surface area contributed by atoms with Gasteiger partial charge < -0.3 is 26.1 Å². The van der Waals surface area contributed by atoms with Crippen molar-refractivity contribution < 1.29 is 10.0 Å². The number of hydrogen-bond acceptors (Lipinski definition) is 5. The molecule has 1 aliphatic heterocycles. The van der Waals surface area contributed by atoms with E-state index in [0.717, 1.165) is 35.2 Å². The molecule has 166 valence electrons. The number of oxime groups is 1. The van der Waals surface area contributed by atoms with E-state index in [0.29, 0.717) is 11.4 Å². The van der Waals surface area contributed by atoms with Crippen LogP contribution < -0.4 is 21.4 Å². The van der Waals surface area contributed by atoms with Gasteiger partial charge in [0.15, 0.2) is 0 Å². The molecule has 0 unspecified atom stereocenters. The predicted octanol–water partition coefficient (Wildman–Crippen LogP) is 3.43. The number of rotatable bonds is 5. The molecule has 4 rings (SSSR count). The molecule has 32 heavy (non-hydrogen) atoms. The second-order valence-corrected chi connectivity index (χ2v) is 7.83. The van der Waals surface area contributed by atoms with Crippen LogP contribution in [0.15, 0.2) is 58.8 Å². The smallest absolute Gasteiger partial charge is 0.272 e. The standard InChI is InChI=1S/C23H27N7O2/c1-15(27-28-23(24)29-32)16-5-10-20-17(13-16)14-21(26-20)22(31)25-18-6-8-19(9-7-18)30-11-3-2-4-12-30/h5-10,13-14,26,32H,2-4,11-12H2,1H3,(H,25,31)(H3,24,28,29)/b27-15-. The number of benzene rings is 2. The first-order chi connectivity index (χ1) is 15.5. The minimum atomic E-state index is -0.201. The molecule has 0 atom stereocenters. The molecule has 1 saturated heterocycles. The van der Waals surface area contributed by atoms with Gasteiger partial charge in [0.05, 0.1) is 5.71 Å². The molecular formula is C23H27N7O2. The number of fused-ring (bicyclic) bond motifs is 1. The van der Waals surface area contributed by atoms with Crippen LogP contribution in [0.25, 0.3) is 10.9 Å². The molecule has 1 aromatic heterocycles. The number of aromatic nitrogens is 1. The Bertz CT molecular complexity index is 1160. The number of H-pyrrole nitrogens is 1. The van der Waals surface area contributed by atoms with Gasteiger partial charge in [-0.15, -0.1) is 0 Å². The van der Waals surface area contributed by atoms with Crippen molar-refractivity contribution in [1.82, 2.24) is 10.4 Å². The van der Waals surface area contributed by atoms with E-state index in [9.17, 15) is 4.79 Å². The minimum absolute atomic E-state index is 0.199. The van der Waals surface area contributed by atoms with Crippen LogP contribution in [0.5, 0.6) is 0 Å². The summed E-state index contributed by atoms with van der Waals surface area (Å²) in [6.45, 7) is 3.98. The normalized spacial score (nSPS) is 15.1. The van der Waals surface area contributed by atoms with Crippen LogP contribution >= 0.6 is 0 Å². The molecule has 6 N–H and O–H groups in total. The predicted molar refractivity (Wildman–Crippen MR) is 128 cm³/mol. The van der Waals surface area contributed by atoms with Gasteiger partial charge in [0.2, 0.25) is 0 Å². The largest absolute Gasteiger partial charge is 0.408 e. The maximum Gasteiger partial charge on any atom is 0.272 e. The lowest BCUT2D eigenvalue weighted by Gasteiger charge is -2.28. The number of hydrogen-bond donors (Lipinski definition) is 5. The Morgan fingerprint density at radius 1 is 1.09 bits per heavy atom. The van der Waals surface area contributed by atoms with Gasteiger partial charge in [-0.2, -0.15) is 5.10 Å². The van der Waals surface area contributed by atoms with Crippen LogP contribution in [0.4, 0.5) is 11.4 Å².